The summed E-state index contributed by atoms with van der Waals surface area (Å²) in [5.41, 5.74) is 2.31. The van der Waals surface area contributed by atoms with Crippen molar-refractivity contribution < 1.29 is 27.9 Å². The summed E-state index contributed by atoms with van der Waals surface area (Å²) in [5, 5.41) is 10.2. The van der Waals surface area contributed by atoms with E-state index in [1.165, 1.54) is 5.57 Å². The van der Waals surface area contributed by atoms with Crippen LogP contribution < -0.4 is 5.32 Å². The fourth-order valence-corrected chi connectivity index (χ4v) is 1.32. The smallest absolute Gasteiger partial charge is 0.475 e. The Bertz CT molecular complexity index is 447. The lowest BCUT2D eigenvalue weighted by Gasteiger charge is -2.16. The quantitative estimate of drug-likeness (QED) is 0.694. The first-order valence-electron chi connectivity index (χ1n) is 4.94. The van der Waals surface area contributed by atoms with Gasteiger partial charge in [0.1, 0.15) is 0 Å². The van der Waals surface area contributed by atoms with E-state index in [-0.39, 0.29) is 5.78 Å². The summed E-state index contributed by atoms with van der Waals surface area (Å²) in [6.45, 7) is 0.872. The van der Waals surface area contributed by atoms with Crippen molar-refractivity contribution in [3.63, 3.8) is 0 Å². The highest BCUT2D eigenvalue weighted by molar-refractivity contribution is 5.95. The molecule has 0 atom stereocenters. The van der Waals surface area contributed by atoms with Gasteiger partial charge in [-0.15, -0.1) is 0 Å². The van der Waals surface area contributed by atoms with E-state index < -0.39 is 12.1 Å². The number of nitrogens with one attached hydrogen (secondary N) is 1. The highest BCUT2D eigenvalue weighted by atomic mass is 19.4. The molecule has 1 aliphatic heterocycles. The molecule has 0 radical (unpaired) electrons. The van der Waals surface area contributed by atoms with Gasteiger partial charge >= 0.3 is 12.1 Å². The van der Waals surface area contributed by atoms with Crippen molar-refractivity contribution in [2.24, 2.45) is 0 Å². The number of carboxylic acid groups (broad SMARTS) is 1. The van der Waals surface area contributed by atoms with Crippen LogP contribution in [0.3, 0.4) is 0 Å². The fraction of sp³-hybridized carbons (Fsp3) is 0.273. The van der Waals surface area contributed by atoms with Crippen LogP contribution in [0.25, 0.3) is 0 Å². The Hall–Kier alpha value is -2.05. The van der Waals surface area contributed by atoms with E-state index >= 15 is 0 Å². The number of hydrogen-bond donors (Lipinski definition) is 2. The molecule has 2 aliphatic rings. The Kier molecular flexibility index (Phi) is 4.30. The van der Waals surface area contributed by atoms with Crippen molar-refractivity contribution in [2.45, 2.75) is 12.6 Å². The van der Waals surface area contributed by atoms with Crippen molar-refractivity contribution >= 4 is 11.8 Å². The molecule has 0 saturated heterocycles. The summed E-state index contributed by atoms with van der Waals surface area (Å²) < 4.78 is 31.7. The average molecular weight is 261 g/mol. The first-order valence-corrected chi connectivity index (χ1v) is 4.94. The van der Waals surface area contributed by atoms with Gasteiger partial charge in [-0.25, -0.2) is 4.79 Å². The molecular weight excluding hydrogens is 251 g/mol. The van der Waals surface area contributed by atoms with Crippen LogP contribution in [0.1, 0.15) is 6.42 Å². The Morgan fingerprint density at radius 1 is 1.33 bits per heavy atom. The molecule has 0 aromatic rings. The Labute approximate surface area is 100 Å². The number of allylic oxidation sites excluding steroid dienone is 4. The van der Waals surface area contributed by atoms with Crippen molar-refractivity contribution in [3.05, 3.63) is 35.6 Å². The number of dihydropyridines is 1. The molecule has 2 N–H and O–H groups in total. The van der Waals surface area contributed by atoms with Gasteiger partial charge in [0.05, 0.1) is 0 Å². The molecule has 0 saturated carbocycles. The second kappa shape index (κ2) is 5.52. The van der Waals surface area contributed by atoms with Gasteiger partial charge in [0.15, 0.2) is 5.78 Å². The molecular formula is C11H10F3NO3. The van der Waals surface area contributed by atoms with Crippen LogP contribution in [0.2, 0.25) is 0 Å². The van der Waals surface area contributed by atoms with Crippen molar-refractivity contribution in [2.75, 3.05) is 6.54 Å². The maximum atomic E-state index is 10.9. The number of rotatable bonds is 0. The highest BCUT2D eigenvalue weighted by Crippen LogP contribution is 2.21. The van der Waals surface area contributed by atoms with Gasteiger partial charge in [-0.2, -0.15) is 13.2 Å². The molecule has 0 fully saturated rings. The monoisotopic (exact) mass is 261 g/mol. The van der Waals surface area contributed by atoms with Crippen molar-refractivity contribution in [1.82, 2.24) is 5.32 Å². The summed E-state index contributed by atoms with van der Waals surface area (Å²) in [6.07, 6.45) is 3.03. The second-order valence-corrected chi connectivity index (χ2v) is 3.52. The van der Waals surface area contributed by atoms with Crippen LogP contribution in [0.4, 0.5) is 13.2 Å². The molecule has 0 bridgehead atoms. The summed E-state index contributed by atoms with van der Waals surface area (Å²) in [4.78, 5) is 19.8. The molecule has 0 unspecified atom stereocenters. The Morgan fingerprint density at radius 3 is 2.50 bits per heavy atom. The van der Waals surface area contributed by atoms with E-state index in [2.05, 4.69) is 11.4 Å². The molecule has 0 aromatic heterocycles. The zero-order valence-corrected chi connectivity index (χ0v) is 9.12. The normalized spacial score (nSPS) is 17.6. The minimum Gasteiger partial charge on any atom is -0.475 e. The summed E-state index contributed by atoms with van der Waals surface area (Å²) >= 11 is 0. The fourth-order valence-electron chi connectivity index (χ4n) is 1.32. The standard InChI is InChI=1S/C9H9NO.C2HF3O2/c11-9-2-1-7-3-4-10-6-8(7)5-9;3-2(4,5)1(6)7/h1-3,6,10H,4-5H2;(H,6,7). The molecule has 1 heterocycles. The summed E-state index contributed by atoms with van der Waals surface area (Å²) in [7, 11) is 0. The third-order valence-electron chi connectivity index (χ3n) is 2.14. The van der Waals surface area contributed by atoms with Gasteiger partial charge in [0, 0.05) is 19.2 Å². The lowest BCUT2D eigenvalue weighted by molar-refractivity contribution is -0.192. The van der Waals surface area contributed by atoms with Gasteiger partial charge < -0.3 is 10.4 Å². The molecule has 98 valence electrons. The molecule has 0 aromatic carbocycles. The van der Waals surface area contributed by atoms with E-state index in [0.717, 1.165) is 12.1 Å². The molecule has 7 heteroatoms. The lowest BCUT2D eigenvalue weighted by Crippen LogP contribution is -2.21. The predicted molar refractivity (Wildman–Crippen MR) is 56.6 cm³/mol. The van der Waals surface area contributed by atoms with Crippen LogP contribution in [0, 0.1) is 0 Å². The molecule has 1 aliphatic carbocycles. The SMILES string of the molecule is O=C(O)C(F)(F)F.O=C1C=CC2=CCNC=C2C1. The largest absolute Gasteiger partial charge is 0.490 e. The number of hydrogen-bond acceptors (Lipinski definition) is 3. The molecule has 2 rings (SSSR count). The first kappa shape index (κ1) is 14.0. The maximum absolute atomic E-state index is 10.9. The van der Waals surface area contributed by atoms with Crippen LogP contribution in [0.5, 0.6) is 0 Å². The number of alkyl halides is 3. The van der Waals surface area contributed by atoms with Crippen molar-refractivity contribution in [1.29, 1.82) is 0 Å². The van der Waals surface area contributed by atoms with Gasteiger partial charge in [-0.05, 0) is 17.2 Å². The van der Waals surface area contributed by atoms with E-state index in [1.54, 1.807) is 6.08 Å². The van der Waals surface area contributed by atoms with Crippen LogP contribution >= 0.6 is 0 Å². The topological polar surface area (TPSA) is 66.4 Å². The Balaban J connectivity index is 0.000000203. The van der Waals surface area contributed by atoms with Gasteiger partial charge in [0.25, 0.3) is 0 Å². The lowest BCUT2D eigenvalue weighted by atomic mass is 9.94. The zero-order valence-electron chi connectivity index (χ0n) is 9.12. The van der Waals surface area contributed by atoms with Gasteiger partial charge in [-0.1, -0.05) is 12.2 Å². The first-order chi connectivity index (χ1) is 8.30. The van der Waals surface area contributed by atoms with Crippen LogP contribution in [0.15, 0.2) is 35.6 Å². The Morgan fingerprint density at radius 2 is 1.94 bits per heavy atom. The van der Waals surface area contributed by atoms with E-state index in [9.17, 15) is 18.0 Å². The van der Waals surface area contributed by atoms with Gasteiger partial charge in [-0.3, -0.25) is 4.79 Å². The summed E-state index contributed by atoms with van der Waals surface area (Å²) in [5.74, 6) is -2.57. The number of carbonyl (C=O) groups excluding carboxylic acids is 1. The van der Waals surface area contributed by atoms with E-state index in [0.29, 0.717) is 6.42 Å². The van der Waals surface area contributed by atoms with Crippen LogP contribution in [-0.2, 0) is 9.59 Å². The summed E-state index contributed by atoms with van der Waals surface area (Å²) in [6, 6.07) is 0. The molecule has 18 heavy (non-hydrogen) atoms. The molecule has 0 spiro atoms. The molecule has 0 amide bonds. The maximum Gasteiger partial charge on any atom is 0.490 e. The number of halogens is 3. The number of carboxylic acids is 1. The van der Waals surface area contributed by atoms with E-state index in [4.69, 9.17) is 9.90 Å². The predicted octanol–water partition coefficient (Wildman–Crippen LogP) is 1.56. The number of aliphatic carboxylic acids is 1. The molecule has 4 nitrogen and oxygen atoms in total. The number of fused-ring (bicyclic) bond motifs is 1. The number of ketones is 1. The minimum absolute atomic E-state index is 0.192. The number of carbonyl (C=O) groups is 2. The third kappa shape index (κ3) is 4.08. The second-order valence-electron chi connectivity index (χ2n) is 3.52. The van der Waals surface area contributed by atoms with Crippen molar-refractivity contribution in [3.8, 4) is 0 Å². The third-order valence-corrected chi connectivity index (χ3v) is 2.14. The highest BCUT2D eigenvalue weighted by Gasteiger charge is 2.38. The average Bonchev–Trinajstić information content (AvgIpc) is 2.28. The van der Waals surface area contributed by atoms with E-state index in [1.807, 2.05) is 12.3 Å². The zero-order chi connectivity index (χ0) is 13.8. The minimum atomic E-state index is -5.08. The van der Waals surface area contributed by atoms with Gasteiger partial charge in [0.2, 0.25) is 0 Å². The van der Waals surface area contributed by atoms with Crippen LogP contribution in [-0.4, -0.2) is 29.6 Å².